The summed E-state index contributed by atoms with van der Waals surface area (Å²) in [5.41, 5.74) is 1.03. The molecule has 0 spiro atoms. The number of H-pyrrole nitrogens is 1. The minimum Gasteiger partial charge on any atom is -0.361 e. The molecule has 0 saturated heterocycles. The number of fused-ring (bicyclic) bond motifs is 1. The van der Waals surface area contributed by atoms with Gasteiger partial charge in [0, 0.05) is 34.7 Å². The van der Waals surface area contributed by atoms with Crippen LogP contribution in [0.25, 0.3) is 10.9 Å². The maximum Gasteiger partial charge on any atom is 0.241 e. The molecule has 1 aliphatic rings. The summed E-state index contributed by atoms with van der Waals surface area (Å²) in [4.78, 5) is 22.0. The van der Waals surface area contributed by atoms with Crippen LogP contribution in [0, 0.1) is 5.92 Å². The number of nitrogens with one attached hydrogen (secondary N) is 3. The topological polar surface area (TPSA) is 104 Å². The van der Waals surface area contributed by atoms with Gasteiger partial charge in [0.15, 0.2) is 0 Å². The van der Waals surface area contributed by atoms with Gasteiger partial charge in [-0.3, -0.25) is 9.78 Å². The number of hydrogen-bond donors (Lipinski definition) is 3. The first-order chi connectivity index (χ1) is 18.7. The van der Waals surface area contributed by atoms with Crippen molar-refractivity contribution in [2.75, 3.05) is 0 Å². The molecule has 1 fully saturated rings. The van der Waals surface area contributed by atoms with Crippen LogP contribution in [-0.2, 0) is 21.2 Å². The Morgan fingerprint density at radius 2 is 1.85 bits per heavy atom. The zero-order valence-corrected chi connectivity index (χ0v) is 23.4. The molecule has 0 radical (unpaired) electrons. The Kier molecular flexibility index (Phi) is 8.07. The van der Waals surface area contributed by atoms with Crippen molar-refractivity contribution in [3.63, 3.8) is 0 Å². The number of rotatable bonds is 9. The third kappa shape index (κ3) is 6.19. The highest BCUT2D eigenvalue weighted by Crippen LogP contribution is 2.35. The van der Waals surface area contributed by atoms with Crippen molar-refractivity contribution in [3.05, 3.63) is 95.4 Å². The molecular weight excluding hydrogens is 532 g/mol. The summed E-state index contributed by atoms with van der Waals surface area (Å²) in [5.74, 6) is -0.181. The second-order valence-electron chi connectivity index (χ2n) is 10.5. The summed E-state index contributed by atoms with van der Waals surface area (Å²) < 4.78 is 29.9. The van der Waals surface area contributed by atoms with E-state index in [2.05, 4.69) is 20.0 Å². The van der Waals surface area contributed by atoms with Crippen molar-refractivity contribution in [2.45, 2.75) is 61.9 Å². The van der Waals surface area contributed by atoms with E-state index in [0.717, 1.165) is 47.8 Å². The second-order valence-corrected chi connectivity index (χ2v) is 12.7. The Bertz CT molecular complexity index is 1550. The van der Waals surface area contributed by atoms with Crippen LogP contribution in [0.2, 0.25) is 5.02 Å². The Balaban J connectivity index is 1.52. The number of para-hydroxylation sites is 1. The number of amides is 1. The van der Waals surface area contributed by atoms with Gasteiger partial charge in [-0.25, -0.2) is 8.42 Å². The van der Waals surface area contributed by atoms with Crippen LogP contribution >= 0.6 is 11.6 Å². The molecule has 2 aromatic heterocycles. The summed E-state index contributed by atoms with van der Waals surface area (Å²) in [6.45, 7) is 1.64. The Morgan fingerprint density at radius 1 is 1.08 bits per heavy atom. The average molecular weight is 565 g/mol. The number of aromatic nitrogens is 2. The smallest absolute Gasteiger partial charge is 0.241 e. The summed E-state index contributed by atoms with van der Waals surface area (Å²) in [7, 11) is -4.09. The number of pyridine rings is 1. The zero-order valence-electron chi connectivity index (χ0n) is 21.9. The quantitative estimate of drug-likeness (QED) is 0.234. The molecule has 39 heavy (non-hydrogen) atoms. The molecular formula is C30H33ClN4O3S. The van der Waals surface area contributed by atoms with E-state index in [0.29, 0.717) is 5.02 Å². The largest absolute Gasteiger partial charge is 0.361 e. The van der Waals surface area contributed by atoms with E-state index in [4.69, 9.17) is 11.6 Å². The zero-order chi connectivity index (χ0) is 27.5. The molecule has 3 N–H and O–H groups in total. The molecule has 0 bridgehead atoms. The number of carbonyl (C=O) groups excluding carboxylic acids is 1. The fraction of sp³-hybridized carbons (Fsp3) is 0.333. The highest BCUT2D eigenvalue weighted by Gasteiger charge is 2.41. The molecule has 9 heteroatoms. The molecule has 204 valence electrons. The van der Waals surface area contributed by atoms with Crippen LogP contribution in [0.1, 0.15) is 56.3 Å². The van der Waals surface area contributed by atoms with Gasteiger partial charge in [0.2, 0.25) is 15.9 Å². The highest BCUT2D eigenvalue weighted by molar-refractivity contribution is 7.89. The number of aromatic amines is 1. The van der Waals surface area contributed by atoms with E-state index < -0.39 is 21.5 Å². The molecule has 1 aliphatic carbocycles. The molecule has 1 amide bonds. The maximum absolute atomic E-state index is 14.2. The Hall–Kier alpha value is -3.20. The van der Waals surface area contributed by atoms with E-state index >= 15 is 0 Å². The second kappa shape index (κ2) is 11.5. The molecule has 1 saturated carbocycles. The van der Waals surface area contributed by atoms with Gasteiger partial charge in [0.05, 0.1) is 16.6 Å². The molecule has 4 aromatic rings. The standard InChI is InChI=1S/C30H33ClN4O3S/c1-30(19-22-20-33-26-15-6-5-14-25(22)26,35-39(37,38)24-13-9-12-23(31)18-24)29(36)34-28(21-10-3-2-4-11-21)27-16-7-8-17-32-27/h5-9,12-18,20-21,28,33,35H,2-4,10-11,19H2,1H3,(H,34,36). The van der Waals surface area contributed by atoms with Gasteiger partial charge in [-0.2, -0.15) is 4.72 Å². The summed E-state index contributed by atoms with van der Waals surface area (Å²) >= 11 is 6.11. The van der Waals surface area contributed by atoms with Crippen LogP contribution in [0.15, 0.2) is 84.0 Å². The fourth-order valence-corrected chi connectivity index (χ4v) is 7.24. The van der Waals surface area contributed by atoms with Crippen LogP contribution < -0.4 is 10.0 Å². The first-order valence-corrected chi connectivity index (χ1v) is 15.2. The van der Waals surface area contributed by atoms with Gasteiger partial charge < -0.3 is 10.3 Å². The van der Waals surface area contributed by atoms with Crippen molar-refractivity contribution >= 4 is 38.4 Å². The first-order valence-electron chi connectivity index (χ1n) is 13.3. The summed E-state index contributed by atoms with van der Waals surface area (Å²) in [6, 6.07) is 19.2. The van der Waals surface area contributed by atoms with Crippen molar-refractivity contribution in [2.24, 2.45) is 5.92 Å². The van der Waals surface area contributed by atoms with Crippen LogP contribution in [-0.4, -0.2) is 29.8 Å². The van der Waals surface area contributed by atoms with Gasteiger partial charge in [-0.05, 0) is 67.6 Å². The summed E-state index contributed by atoms with van der Waals surface area (Å²) in [5, 5.41) is 4.46. The summed E-state index contributed by atoms with van der Waals surface area (Å²) in [6.07, 6.45) is 9.03. The number of halogens is 1. The first kappa shape index (κ1) is 27.4. The van der Waals surface area contributed by atoms with Gasteiger partial charge in [-0.1, -0.05) is 61.2 Å². The van der Waals surface area contributed by atoms with Crippen molar-refractivity contribution < 1.29 is 13.2 Å². The van der Waals surface area contributed by atoms with Crippen LogP contribution in [0.3, 0.4) is 0 Å². The van der Waals surface area contributed by atoms with E-state index in [1.807, 2.05) is 48.7 Å². The maximum atomic E-state index is 14.2. The fourth-order valence-electron chi connectivity index (χ4n) is 5.57. The lowest BCUT2D eigenvalue weighted by Gasteiger charge is -2.35. The predicted octanol–water partition coefficient (Wildman–Crippen LogP) is 5.93. The molecule has 5 rings (SSSR count). The van der Waals surface area contributed by atoms with Gasteiger partial charge in [0.1, 0.15) is 5.54 Å². The molecule has 2 aromatic carbocycles. The number of hydrogen-bond acceptors (Lipinski definition) is 4. The molecule has 2 unspecified atom stereocenters. The van der Waals surface area contributed by atoms with Gasteiger partial charge in [-0.15, -0.1) is 0 Å². The average Bonchev–Trinajstić information content (AvgIpc) is 3.34. The van der Waals surface area contributed by atoms with Crippen LogP contribution in [0.5, 0.6) is 0 Å². The Morgan fingerprint density at radius 3 is 2.59 bits per heavy atom. The predicted molar refractivity (Wildman–Crippen MR) is 154 cm³/mol. The van der Waals surface area contributed by atoms with Crippen molar-refractivity contribution in [1.29, 1.82) is 0 Å². The minimum atomic E-state index is -4.09. The van der Waals surface area contributed by atoms with E-state index in [-0.39, 0.29) is 23.3 Å². The van der Waals surface area contributed by atoms with Gasteiger partial charge in [0.25, 0.3) is 0 Å². The molecule has 2 heterocycles. The molecule has 0 aliphatic heterocycles. The van der Waals surface area contributed by atoms with E-state index in [9.17, 15) is 13.2 Å². The third-order valence-corrected chi connectivity index (χ3v) is 9.43. The lowest BCUT2D eigenvalue weighted by Crippen LogP contribution is -2.59. The number of nitrogens with zero attached hydrogens (tertiary/aromatic N) is 1. The third-order valence-electron chi connectivity index (χ3n) is 7.60. The highest BCUT2D eigenvalue weighted by atomic mass is 35.5. The number of benzene rings is 2. The van der Waals surface area contributed by atoms with Crippen molar-refractivity contribution in [1.82, 2.24) is 20.0 Å². The van der Waals surface area contributed by atoms with E-state index in [1.165, 1.54) is 18.6 Å². The Labute approximate surface area is 234 Å². The number of carbonyl (C=O) groups is 1. The lowest BCUT2D eigenvalue weighted by molar-refractivity contribution is -0.127. The minimum absolute atomic E-state index is 0.00140. The lowest BCUT2D eigenvalue weighted by atomic mass is 9.82. The SMILES string of the molecule is CC(Cc1c[nH]c2ccccc12)(NS(=O)(=O)c1cccc(Cl)c1)C(=O)NC(c1ccccn1)C1CCCCC1. The van der Waals surface area contributed by atoms with Crippen LogP contribution in [0.4, 0.5) is 0 Å². The number of sulfonamides is 1. The molecule has 7 nitrogen and oxygen atoms in total. The normalized spacial score (nSPS) is 17.0. The monoisotopic (exact) mass is 564 g/mol. The van der Waals surface area contributed by atoms with Crippen molar-refractivity contribution in [3.8, 4) is 0 Å². The van der Waals surface area contributed by atoms with Gasteiger partial charge >= 0.3 is 0 Å². The molecule has 2 atom stereocenters. The van der Waals surface area contributed by atoms with E-state index in [1.54, 1.807) is 25.3 Å².